The summed E-state index contributed by atoms with van der Waals surface area (Å²) in [4.78, 5) is 2.50. The first kappa shape index (κ1) is 17.4. The van der Waals surface area contributed by atoms with E-state index in [9.17, 15) is 5.26 Å². The van der Waals surface area contributed by atoms with Crippen molar-refractivity contribution in [2.24, 2.45) is 11.7 Å². The van der Waals surface area contributed by atoms with E-state index in [1.165, 1.54) is 11.1 Å². The lowest BCUT2D eigenvalue weighted by molar-refractivity contribution is 0.0915. The van der Waals surface area contributed by atoms with Crippen LogP contribution in [0.25, 0.3) is 0 Å². The van der Waals surface area contributed by atoms with Gasteiger partial charge in [-0.05, 0) is 61.2 Å². The number of nitriles is 1. The summed E-state index contributed by atoms with van der Waals surface area (Å²) in [6.45, 7) is 2.80. The van der Waals surface area contributed by atoms with Gasteiger partial charge in [0.05, 0.1) is 11.6 Å². The number of benzene rings is 2. The van der Waals surface area contributed by atoms with Crippen molar-refractivity contribution < 1.29 is 4.74 Å². The summed E-state index contributed by atoms with van der Waals surface area (Å²) < 4.78 is 6.42. The van der Waals surface area contributed by atoms with Crippen LogP contribution in [0.5, 0.6) is 5.75 Å². The molecule has 3 unspecified atom stereocenters. The van der Waals surface area contributed by atoms with Gasteiger partial charge in [0, 0.05) is 11.6 Å². The molecular formula is C21H22ClN3O. The smallest absolute Gasteiger partial charge is 0.140 e. The molecule has 4 nitrogen and oxygen atoms in total. The highest BCUT2D eigenvalue weighted by Gasteiger charge is 2.40. The van der Waals surface area contributed by atoms with Gasteiger partial charge < -0.3 is 10.5 Å². The Balaban J connectivity index is 1.65. The SMILES string of the molecule is N#Cc1cc(Cl)ccc1OC1c2ccccc2CC1N1CCC(CN)C1. The number of halogens is 1. The molecule has 2 N–H and O–H groups in total. The number of likely N-dealkylation sites (tertiary alicyclic amines) is 1. The average molecular weight is 368 g/mol. The molecule has 3 atom stereocenters. The van der Waals surface area contributed by atoms with E-state index in [4.69, 9.17) is 22.1 Å². The van der Waals surface area contributed by atoms with Gasteiger partial charge in [0.15, 0.2) is 0 Å². The Morgan fingerprint density at radius 2 is 2.12 bits per heavy atom. The van der Waals surface area contributed by atoms with Crippen LogP contribution in [-0.4, -0.2) is 30.6 Å². The van der Waals surface area contributed by atoms with Crippen LogP contribution in [0.1, 0.15) is 29.2 Å². The summed E-state index contributed by atoms with van der Waals surface area (Å²) in [5, 5.41) is 9.99. The third-order valence-corrected chi connectivity index (χ3v) is 5.81. The van der Waals surface area contributed by atoms with E-state index in [1.807, 2.05) is 0 Å². The monoisotopic (exact) mass is 367 g/mol. The first-order chi connectivity index (χ1) is 12.7. The van der Waals surface area contributed by atoms with E-state index in [2.05, 4.69) is 35.2 Å². The number of ether oxygens (including phenoxy) is 1. The predicted molar refractivity (Wildman–Crippen MR) is 102 cm³/mol. The normalized spacial score (nSPS) is 25.0. The lowest BCUT2D eigenvalue weighted by atomic mass is 10.1. The first-order valence-corrected chi connectivity index (χ1v) is 9.45. The molecule has 1 heterocycles. The van der Waals surface area contributed by atoms with Crippen molar-refractivity contribution in [3.8, 4) is 11.8 Å². The Morgan fingerprint density at radius 3 is 2.88 bits per heavy atom. The number of fused-ring (bicyclic) bond motifs is 1. The van der Waals surface area contributed by atoms with Gasteiger partial charge in [0.25, 0.3) is 0 Å². The minimum atomic E-state index is -0.0870. The fraction of sp³-hybridized carbons (Fsp3) is 0.381. The molecule has 0 saturated carbocycles. The number of nitrogens with two attached hydrogens (primary N) is 1. The molecule has 2 aromatic rings. The molecule has 1 aliphatic heterocycles. The molecule has 5 heteroatoms. The predicted octanol–water partition coefficient (Wildman–Crippen LogP) is 3.54. The van der Waals surface area contributed by atoms with Crippen LogP contribution < -0.4 is 10.5 Å². The second-order valence-electron chi connectivity index (χ2n) is 7.15. The van der Waals surface area contributed by atoms with Crippen LogP contribution in [0.3, 0.4) is 0 Å². The van der Waals surface area contributed by atoms with Gasteiger partial charge >= 0.3 is 0 Å². The quantitative estimate of drug-likeness (QED) is 0.897. The van der Waals surface area contributed by atoms with Gasteiger partial charge in [-0.15, -0.1) is 0 Å². The van der Waals surface area contributed by atoms with Gasteiger partial charge in [0.2, 0.25) is 0 Å². The van der Waals surface area contributed by atoms with Gasteiger partial charge in [0.1, 0.15) is 17.9 Å². The van der Waals surface area contributed by atoms with E-state index in [-0.39, 0.29) is 12.1 Å². The molecule has 0 radical (unpaired) electrons. The number of rotatable bonds is 4. The first-order valence-electron chi connectivity index (χ1n) is 9.08. The Labute approximate surface area is 159 Å². The molecule has 0 bridgehead atoms. The van der Waals surface area contributed by atoms with E-state index in [0.717, 1.165) is 32.5 Å². The van der Waals surface area contributed by atoms with Crippen molar-refractivity contribution in [2.75, 3.05) is 19.6 Å². The third-order valence-electron chi connectivity index (χ3n) is 5.58. The van der Waals surface area contributed by atoms with E-state index in [1.54, 1.807) is 18.2 Å². The lowest BCUT2D eigenvalue weighted by Crippen LogP contribution is -2.39. The zero-order valence-corrected chi connectivity index (χ0v) is 15.3. The second-order valence-corrected chi connectivity index (χ2v) is 7.58. The standard InChI is InChI=1S/C21H22ClN3O/c22-17-5-6-20(16(9-17)12-24)26-21-18-4-2-1-3-15(18)10-19(21)25-8-7-14(11-23)13-25/h1-6,9,14,19,21H,7-8,10-11,13,23H2. The summed E-state index contributed by atoms with van der Waals surface area (Å²) in [6.07, 6.45) is 2.02. The Hall–Kier alpha value is -2.06. The molecule has 1 aliphatic carbocycles. The molecule has 1 fully saturated rings. The third kappa shape index (κ3) is 3.19. The van der Waals surface area contributed by atoms with Gasteiger partial charge in [-0.2, -0.15) is 5.26 Å². The maximum atomic E-state index is 9.44. The molecule has 26 heavy (non-hydrogen) atoms. The topological polar surface area (TPSA) is 62.3 Å². The van der Waals surface area contributed by atoms with Crippen molar-refractivity contribution in [1.82, 2.24) is 4.90 Å². The highest BCUT2D eigenvalue weighted by molar-refractivity contribution is 6.30. The molecule has 2 aromatic carbocycles. The fourth-order valence-corrected chi connectivity index (χ4v) is 4.36. The molecule has 134 valence electrons. The minimum Gasteiger partial charge on any atom is -0.483 e. The van der Waals surface area contributed by atoms with Crippen molar-refractivity contribution in [3.05, 3.63) is 64.2 Å². The summed E-state index contributed by atoms with van der Waals surface area (Å²) in [5.74, 6) is 1.16. The van der Waals surface area contributed by atoms with Gasteiger partial charge in [-0.1, -0.05) is 35.9 Å². The Bertz CT molecular complexity index is 847. The van der Waals surface area contributed by atoms with Crippen molar-refractivity contribution in [1.29, 1.82) is 5.26 Å². The maximum absolute atomic E-state index is 9.44. The second kappa shape index (κ2) is 7.28. The number of hydrogen-bond acceptors (Lipinski definition) is 4. The minimum absolute atomic E-state index is 0.0870. The largest absolute Gasteiger partial charge is 0.483 e. The Morgan fingerprint density at radius 1 is 1.27 bits per heavy atom. The molecule has 1 saturated heterocycles. The number of hydrogen-bond donors (Lipinski definition) is 1. The molecule has 0 amide bonds. The molecule has 0 aromatic heterocycles. The van der Waals surface area contributed by atoms with E-state index in [0.29, 0.717) is 22.3 Å². The van der Waals surface area contributed by atoms with Crippen LogP contribution in [0.15, 0.2) is 42.5 Å². The lowest BCUT2D eigenvalue weighted by Gasteiger charge is -2.30. The molecule has 2 aliphatic rings. The molecule has 4 rings (SSSR count). The summed E-state index contributed by atoms with van der Waals surface area (Å²) in [6, 6.07) is 16.1. The Kier molecular flexibility index (Phi) is 4.86. The van der Waals surface area contributed by atoms with Crippen LogP contribution in [-0.2, 0) is 6.42 Å². The van der Waals surface area contributed by atoms with Crippen LogP contribution in [0.4, 0.5) is 0 Å². The maximum Gasteiger partial charge on any atom is 0.140 e. The van der Waals surface area contributed by atoms with Crippen LogP contribution in [0.2, 0.25) is 5.02 Å². The zero-order chi connectivity index (χ0) is 18.1. The fourth-order valence-electron chi connectivity index (χ4n) is 4.19. The average Bonchev–Trinajstić information content (AvgIpc) is 3.28. The zero-order valence-electron chi connectivity index (χ0n) is 14.6. The highest BCUT2D eigenvalue weighted by Crippen LogP contribution is 2.40. The van der Waals surface area contributed by atoms with E-state index >= 15 is 0 Å². The summed E-state index contributed by atoms with van der Waals surface area (Å²) in [7, 11) is 0. The highest BCUT2D eigenvalue weighted by atomic mass is 35.5. The van der Waals surface area contributed by atoms with Crippen molar-refractivity contribution >= 4 is 11.6 Å². The molecular weight excluding hydrogens is 346 g/mol. The summed E-state index contributed by atoms with van der Waals surface area (Å²) >= 11 is 6.03. The van der Waals surface area contributed by atoms with Gasteiger partial charge in [-0.25, -0.2) is 0 Å². The molecule has 0 spiro atoms. The van der Waals surface area contributed by atoms with Crippen molar-refractivity contribution in [3.63, 3.8) is 0 Å². The van der Waals surface area contributed by atoms with Crippen LogP contribution >= 0.6 is 11.6 Å². The van der Waals surface area contributed by atoms with Crippen LogP contribution in [0, 0.1) is 17.2 Å². The van der Waals surface area contributed by atoms with E-state index < -0.39 is 0 Å². The number of nitrogens with zero attached hydrogens (tertiary/aromatic N) is 2. The van der Waals surface area contributed by atoms with Gasteiger partial charge in [-0.3, -0.25) is 4.90 Å². The summed E-state index contributed by atoms with van der Waals surface area (Å²) in [5.41, 5.74) is 8.90. The van der Waals surface area contributed by atoms with Crippen molar-refractivity contribution in [2.45, 2.75) is 25.0 Å².